The highest BCUT2D eigenvalue weighted by Crippen LogP contribution is 2.13. The molecule has 0 bridgehead atoms. The van der Waals surface area contributed by atoms with Gasteiger partial charge in [0.1, 0.15) is 0 Å². The summed E-state index contributed by atoms with van der Waals surface area (Å²) in [5, 5.41) is 5.19. The molecule has 1 fully saturated rings. The minimum absolute atomic E-state index is 0.596. The average molecular weight is 248 g/mol. The van der Waals surface area contributed by atoms with E-state index in [4.69, 9.17) is 5.14 Å². The van der Waals surface area contributed by atoms with Crippen molar-refractivity contribution in [1.82, 2.24) is 4.31 Å². The Labute approximate surface area is 99.4 Å². The summed E-state index contributed by atoms with van der Waals surface area (Å²) in [7, 11) is -3.48. The summed E-state index contributed by atoms with van der Waals surface area (Å²) in [5.41, 5.74) is 0. The summed E-state index contributed by atoms with van der Waals surface area (Å²) in [4.78, 5) is 0. The van der Waals surface area contributed by atoms with Gasteiger partial charge in [-0.1, -0.05) is 44.9 Å². The maximum atomic E-state index is 11.3. The van der Waals surface area contributed by atoms with E-state index < -0.39 is 10.2 Å². The highest BCUT2D eigenvalue weighted by molar-refractivity contribution is 7.86. The molecule has 0 spiro atoms. The van der Waals surface area contributed by atoms with E-state index in [9.17, 15) is 8.42 Å². The number of hydrogen-bond acceptors (Lipinski definition) is 2. The third-order valence-corrected chi connectivity index (χ3v) is 4.26. The van der Waals surface area contributed by atoms with E-state index in [1.54, 1.807) is 0 Å². The van der Waals surface area contributed by atoms with Gasteiger partial charge in [0, 0.05) is 13.1 Å². The van der Waals surface area contributed by atoms with Gasteiger partial charge in [0.2, 0.25) is 0 Å². The summed E-state index contributed by atoms with van der Waals surface area (Å²) in [6, 6.07) is 0. The standard InChI is InChI=1S/C11H24N2O2S/c12-16(14,15)13-10-8-6-4-2-1-3-5-7-9-11-13/h1-11H2,(H2,12,14,15). The first kappa shape index (κ1) is 13.9. The second kappa shape index (κ2) is 7.25. The molecule has 1 aliphatic rings. The molecule has 1 rings (SSSR count). The van der Waals surface area contributed by atoms with Gasteiger partial charge in [-0.25, -0.2) is 5.14 Å². The summed E-state index contributed by atoms with van der Waals surface area (Å²) >= 11 is 0. The molecule has 0 aromatic rings. The Morgan fingerprint density at radius 2 is 1.00 bits per heavy atom. The summed E-state index contributed by atoms with van der Waals surface area (Å²) in [6.45, 7) is 1.19. The SMILES string of the molecule is NS(=O)(=O)N1CCCCCCCCCCC1. The Bertz CT molecular complexity index is 266. The van der Waals surface area contributed by atoms with Gasteiger partial charge < -0.3 is 0 Å². The van der Waals surface area contributed by atoms with Crippen molar-refractivity contribution in [2.45, 2.75) is 57.8 Å². The fourth-order valence-corrected chi connectivity index (χ4v) is 2.95. The summed E-state index contributed by atoms with van der Waals surface area (Å²) < 4.78 is 24.1. The summed E-state index contributed by atoms with van der Waals surface area (Å²) in [5.74, 6) is 0. The monoisotopic (exact) mass is 248 g/mol. The highest BCUT2D eigenvalue weighted by Gasteiger charge is 2.16. The second-order valence-corrected chi connectivity index (χ2v) is 6.17. The molecule has 0 radical (unpaired) electrons. The maximum Gasteiger partial charge on any atom is 0.276 e. The zero-order valence-corrected chi connectivity index (χ0v) is 10.8. The molecule has 0 atom stereocenters. The van der Waals surface area contributed by atoms with E-state index in [-0.39, 0.29) is 0 Å². The quantitative estimate of drug-likeness (QED) is 0.771. The van der Waals surface area contributed by atoms with E-state index >= 15 is 0 Å². The number of nitrogens with two attached hydrogens (primary N) is 1. The van der Waals surface area contributed by atoms with Crippen molar-refractivity contribution in [2.75, 3.05) is 13.1 Å². The molecule has 4 nitrogen and oxygen atoms in total. The first-order chi connectivity index (χ1) is 7.61. The largest absolute Gasteiger partial charge is 0.276 e. The van der Waals surface area contributed by atoms with E-state index in [0.717, 1.165) is 25.7 Å². The smallest absolute Gasteiger partial charge is 0.216 e. The van der Waals surface area contributed by atoms with Crippen LogP contribution in [0.5, 0.6) is 0 Å². The van der Waals surface area contributed by atoms with Crippen LogP contribution in [0.3, 0.4) is 0 Å². The van der Waals surface area contributed by atoms with Crippen LogP contribution in [0, 0.1) is 0 Å². The van der Waals surface area contributed by atoms with Crippen LogP contribution in [0.4, 0.5) is 0 Å². The lowest BCUT2D eigenvalue weighted by Gasteiger charge is -2.19. The van der Waals surface area contributed by atoms with Gasteiger partial charge in [-0.3, -0.25) is 0 Å². The molecule has 1 heterocycles. The Morgan fingerprint density at radius 1 is 0.688 bits per heavy atom. The minimum Gasteiger partial charge on any atom is -0.216 e. The number of hydrogen-bond donors (Lipinski definition) is 1. The molecule has 1 saturated heterocycles. The molecule has 0 aliphatic carbocycles. The zero-order chi connectivity index (χ0) is 11.9. The lowest BCUT2D eigenvalue weighted by Crippen LogP contribution is -2.38. The second-order valence-electron chi connectivity index (χ2n) is 4.63. The Morgan fingerprint density at radius 3 is 1.31 bits per heavy atom. The number of nitrogens with zero attached hydrogens (tertiary/aromatic N) is 1. The molecule has 96 valence electrons. The zero-order valence-electron chi connectivity index (χ0n) is 10.0. The molecular formula is C11H24N2O2S. The fourth-order valence-electron chi connectivity index (χ4n) is 2.18. The van der Waals surface area contributed by atoms with Crippen molar-refractivity contribution in [3.63, 3.8) is 0 Å². The van der Waals surface area contributed by atoms with Crippen molar-refractivity contribution >= 4 is 10.2 Å². The van der Waals surface area contributed by atoms with Crippen molar-refractivity contribution in [3.8, 4) is 0 Å². The van der Waals surface area contributed by atoms with Crippen LogP contribution in [0.2, 0.25) is 0 Å². The highest BCUT2D eigenvalue weighted by atomic mass is 32.2. The molecular weight excluding hydrogens is 224 g/mol. The lowest BCUT2D eigenvalue weighted by atomic mass is 10.1. The average Bonchev–Trinajstić information content (AvgIpc) is 2.16. The van der Waals surface area contributed by atoms with Crippen LogP contribution in [0.1, 0.15) is 57.8 Å². The van der Waals surface area contributed by atoms with Crippen molar-refractivity contribution in [3.05, 3.63) is 0 Å². The van der Waals surface area contributed by atoms with Crippen LogP contribution >= 0.6 is 0 Å². The first-order valence-corrected chi connectivity index (χ1v) is 7.89. The fraction of sp³-hybridized carbons (Fsp3) is 1.00. The van der Waals surface area contributed by atoms with Crippen molar-refractivity contribution in [1.29, 1.82) is 0 Å². The molecule has 1 aliphatic heterocycles. The van der Waals surface area contributed by atoms with Crippen LogP contribution in [-0.2, 0) is 10.2 Å². The van der Waals surface area contributed by atoms with Crippen LogP contribution in [0.25, 0.3) is 0 Å². The molecule has 16 heavy (non-hydrogen) atoms. The summed E-state index contributed by atoms with van der Waals surface area (Å²) in [6.07, 6.45) is 10.5. The minimum atomic E-state index is -3.48. The van der Waals surface area contributed by atoms with E-state index in [1.807, 2.05) is 0 Å². The molecule has 0 saturated carbocycles. The van der Waals surface area contributed by atoms with Crippen LogP contribution in [0.15, 0.2) is 0 Å². The Hall–Kier alpha value is -0.130. The first-order valence-electron chi connectivity index (χ1n) is 6.38. The van der Waals surface area contributed by atoms with Crippen LogP contribution < -0.4 is 5.14 Å². The Balaban J connectivity index is 2.42. The predicted octanol–water partition coefficient (Wildman–Crippen LogP) is 2.02. The molecule has 0 unspecified atom stereocenters. The van der Waals surface area contributed by atoms with Gasteiger partial charge in [-0.2, -0.15) is 12.7 Å². The van der Waals surface area contributed by atoms with Crippen LogP contribution in [-0.4, -0.2) is 25.8 Å². The lowest BCUT2D eigenvalue weighted by molar-refractivity contribution is 0.378. The van der Waals surface area contributed by atoms with Crippen molar-refractivity contribution in [2.24, 2.45) is 5.14 Å². The van der Waals surface area contributed by atoms with Gasteiger partial charge in [-0.15, -0.1) is 0 Å². The van der Waals surface area contributed by atoms with Crippen molar-refractivity contribution < 1.29 is 8.42 Å². The van der Waals surface area contributed by atoms with Gasteiger partial charge in [-0.05, 0) is 12.8 Å². The maximum absolute atomic E-state index is 11.3. The third-order valence-electron chi connectivity index (χ3n) is 3.17. The third kappa shape index (κ3) is 5.82. The predicted molar refractivity (Wildman–Crippen MR) is 66.2 cm³/mol. The van der Waals surface area contributed by atoms with E-state index in [1.165, 1.54) is 36.4 Å². The van der Waals surface area contributed by atoms with E-state index in [0.29, 0.717) is 13.1 Å². The number of rotatable bonds is 1. The molecule has 0 amide bonds. The molecule has 5 heteroatoms. The normalized spacial score (nSPS) is 23.3. The Kier molecular flexibility index (Phi) is 6.31. The molecule has 0 aromatic carbocycles. The van der Waals surface area contributed by atoms with Gasteiger partial charge in [0.25, 0.3) is 10.2 Å². The molecule has 0 aromatic heterocycles. The van der Waals surface area contributed by atoms with E-state index in [2.05, 4.69) is 0 Å². The molecule has 2 N–H and O–H groups in total. The van der Waals surface area contributed by atoms with Gasteiger partial charge in [0.05, 0.1) is 0 Å². The van der Waals surface area contributed by atoms with Gasteiger partial charge >= 0.3 is 0 Å². The van der Waals surface area contributed by atoms with Gasteiger partial charge in [0.15, 0.2) is 0 Å². The topological polar surface area (TPSA) is 63.4 Å².